The molecule has 0 saturated heterocycles. The lowest BCUT2D eigenvalue weighted by atomic mass is 10.0. The number of carboxylic acid groups (broad SMARTS) is 1. The number of amides is 4. The second kappa shape index (κ2) is 11.2. The first-order valence-electron chi connectivity index (χ1n) is 8.63. The summed E-state index contributed by atoms with van der Waals surface area (Å²) in [5.41, 5.74) is 10.4. The van der Waals surface area contributed by atoms with E-state index >= 15 is 0 Å². The predicted octanol–water partition coefficient (Wildman–Crippen LogP) is -3.22. The summed E-state index contributed by atoms with van der Waals surface area (Å²) in [7, 11) is 0. The molecule has 160 valence electrons. The van der Waals surface area contributed by atoms with E-state index in [-0.39, 0.29) is 0 Å². The molecule has 0 aliphatic rings. The van der Waals surface area contributed by atoms with Gasteiger partial charge in [-0.15, -0.1) is 0 Å². The van der Waals surface area contributed by atoms with Crippen LogP contribution >= 0.6 is 0 Å². The fourth-order valence-corrected chi connectivity index (χ4v) is 2.14. The van der Waals surface area contributed by atoms with E-state index in [4.69, 9.17) is 16.6 Å². The van der Waals surface area contributed by atoms with Crippen LogP contribution in [0.3, 0.4) is 0 Å². The molecule has 4 amide bonds. The van der Waals surface area contributed by atoms with E-state index < -0.39 is 72.2 Å². The van der Waals surface area contributed by atoms with Crippen molar-refractivity contribution in [3.05, 3.63) is 0 Å². The maximum Gasteiger partial charge on any atom is 0.328 e. The van der Waals surface area contributed by atoms with Crippen molar-refractivity contribution in [2.45, 2.75) is 64.4 Å². The average Bonchev–Trinajstić information content (AvgIpc) is 2.55. The highest BCUT2D eigenvalue weighted by atomic mass is 16.4. The molecular weight excluding hydrogens is 374 g/mol. The summed E-state index contributed by atoms with van der Waals surface area (Å²) in [5, 5.41) is 25.4. The number of rotatable bonds is 11. The van der Waals surface area contributed by atoms with Gasteiger partial charge in [0.15, 0.2) is 6.04 Å². The molecule has 0 aromatic rings. The van der Waals surface area contributed by atoms with E-state index in [0.717, 1.165) is 0 Å². The second-order valence-electron chi connectivity index (χ2n) is 6.80. The van der Waals surface area contributed by atoms with Crippen LogP contribution in [-0.2, 0) is 24.0 Å². The maximum absolute atomic E-state index is 12.4. The number of aliphatic hydroxyl groups is 1. The largest absolute Gasteiger partial charge is 0.480 e. The van der Waals surface area contributed by atoms with Crippen molar-refractivity contribution in [3.63, 3.8) is 0 Å². The SMILES string of the molecule is CC(NC(=O)C(N)CC(N)=O)C(=O)NC(C(=O)NC(C(=O)O)C(C)O)C(C)C. The summed E-state index contributed by atoms with van der Waals surface area (Å²) in [5.74, 6) is -4.93. The molecule has 0 aliphatic heterocycles. The minimum atomic E-state index is -1.55. The van der Waals surface area contributed by atoms with Crippen molar-refractivity contribution in [3.8, 4) is 0 Å². The van der Waals surface area contributed by atoms with Crippen LogP contribution in [0.25, 0.3) is 0 Å². The van der Waals surface area contributed by atoms with Crippen molar-refractivity contribution < 1.29 is 34.2 Å². The summed E-state index contributed by atoms with van der Waals surface area (Å²) in [6.07, 6.45) is -1.75. The van der Waals surface area contributed by atoms with Gasteiger partial charge in [0.1, 0.15) is 12.1 Å². The smallest absolute Gasteiger partial charge is 0.328 e. The van der Waals surface area contributed by atoms with Gasteiger partial charge in [0.25, 0.3) is 0 Å². The van der Waals surface area contributed by atoms with E-state index in [1.54, 1.807) is 13.8 Å². The average molecular weight is 403 g/mol. The molecule has 0 saturated carbocycles. The van der Waals surface area contributed by atoms with Crippen molar-refractivity contribution in [2.24, 2.45) is 17.4 Å². The van der Waals surface area contributed by atoms with E-state index in [1.807, 2.05) is 0 Å². The van der Waals surface area contributed by atoms with E-state index in [2.05, 4.69) is 16.0 Å². The van der Waals surface area contributed by atoms with E-state index in [1.165, 1.54) is 13.8 Å². The highest BCUT2D eigenvalue weighted by Crippen LogP contribution is 2.05. The Morgan fingerprint density at radius 1 is 0.857 bits per heavy atom. The molecular formula is C16H29N5O7. The molecule has 12 heteroatoms. The Hall–Kier alpha value is -2.73. The van der Waals surface area contributed by atoms with Crippen molar-refractivity contribution in [1.29, 1.82) is 0 Å². The first-order chi connectivity index (χ1) is 12.8. The number of aliphatic hydroxyl groups excluding tert-OH is 1. The van der Waals surface area contributed by atoms with Gasteiger partial charge in [-0.1, -0.05) is 13.8 Å². The lowest BCUT2D eigenvalue weighted by molar-refractivity contribution is -0.145. The lowest BCUT2D eigenvalue weighted by Gasteiger charge is -2.26. The first-order valence-corrected chi connectivity index (χ1v) is 8.63. The zero-order valence-electron chi connectivity index (χ0n) is 16.3. The Bertz CT molecular complexity index is 608. The summed E-state index contributed by atoms with van der Waals surface area (Å²) < 4.78 is 0. The molecule has 5 unspecified atom stereocenters. The van der Waals surface area contributed by atoms with Gasteiger partial charge < -0.3 is 37.6 Å². The fraction of sp³-hybridized carbons (Fsp3) is 0.688. The molecule has 0 bridgehead atoms. The zero-order valence-corrected chi connectivity index (χ0v) is 16.3. The van der Waals surface area contributed by atoms with Crippen molar-refractivity contribution in [2.75, 3.05) is 0 Å². The molecule has 9 N–H and O–H groups in total. The number of carbonyl (C=O) groups excluding carboxylic acids is 4. The Kier molecular flexibility index (Phi) is 10.1. The van der Waals surface area contributed by atoms with Gasteiger partial charge in [0, 0.05) is 0 Å². The number of nitrogens with two attached hydrogens (primary N) is 2. The van der Waals surface area contributed by atoms with Gasteiger partial charge in [-0.05, 0) is 19.8 Å². The van der Waals surface area contributed by atoms with Gasteiger partial charge in [0.2, 0.25) is 23.6 Å². The second-order valence-corrected chi connectivity index (χ2v) is 6.80. The molecule has 0 aromatic heterocycles. The van der Waals surface area contributed by atoms with Crippen LogP contribution in [0.1, 0.15) is 34.1 Å². The summed E-state index contributed by atoms with van der Waals surface area (Å²) in [6.45, 7) is 5.79. The summed E-state index contributed by atoms with van der Waals surface area (Å²) >= 11 is 0. The van der Waals surface area contributed by atoms with Crippen LogP contribution < -0.4 is 27.4 Å². The van der Waals surface area contributed by atoms with Gasteiger partial charge in [-0.3, -0.25) is 19.2 Å². The van der Waals surface area contributed by atoms with Crippen LogP contribution in [0.2, 0.25) is 0 Å². The molecule has 0 heterocycles. The molecule has 0 radical (unpaired) electrons. The Balaban J connectivity index is 5.01. The van der Waals surface area contributed by atoms with E-state index in [0.29, 0.717) is 0 Å². The zero-order chi connectivity index (χ0) is 22.2. The number of hydrogen-bond acceptors (Lipinski definition) is 7. The first kappa shape index (κ1) is 25.3. The maximum atomic E-state index is 12.4. The molecule has 0 fully saturated rings. The normalized spacial score (nSPS) is 16.2. The quantitative estimate of drug-likeness (QED) is 0.186. The highest BCUT2D eigenvalue weighted by Gasteiger charge is 2.32. The third-order valence-corrected chi connectivity index (χ3v) is 3.80. The number of carboxylic acids is 1. The number of aliphatic carboxylic acids is 1. The van der Waals surface area contributed by atoms with Gasteiger partial charge in [-0.2, -0.15) is 0 Å². The molecule has 28 heavy (non-hydrogen) atoms. The number of hydrogen-bond donors (Lipinski definition) is 7. The van der Waals surface area contributed by atoms with Gasteiger partial charge in [0.05, 0.1) is 18.6 Å². The Labute approximate surface area is 162 Å². The predicted molar refractivity (Wildman–Crippen MR) is 97.4 cm³/mol. The minimum absolute atomic E-state index is 0.396. The summed E-state index contributed by atoms with van der Waals surface area (Å²) in [4.78, 5) is 58.4. The molecule has 12 nitrogen and oxygen atoms in total. The highest BCUT2D eigenvalue weighted by molar-refractivity contribution is 5.94. The lowest BCUT2D eigenvalue weighted by Crippen LogP contribution is -2.59. The van der Waals surface area contributed by atoms with Crippen LogP contribution in [0.5, 0.6) is 0 Å². The molecule has 5 atom stereocenters. The fourth-order valence-electron chi connectivity index (χ4n) is 2.14. The summed E-state index contributed by atoms with van der Waals surface area (Å²) in [6, 6.07) is -4.98. The van der Waals surface area contributed by atoms with Crippen molar-refractivity contribution >= 4 is 29.6 Å². The van der Waals surface area contributed by atoms with Gasteiger partial charge >= 0.3 is 5.97 Å². The monoisotopic (exact) mass is 403 g/mol. The molecule has 0 spiro atoms. The van der Waals surface area contributed by atoms with Crippen molar-refractivity contribution in [1.82, 2.24) is 16.0 Å². The molecule has 0 aliphatic carbocycles. The van der Waals surface area contributed by atoms with Crippen LogP contribution in [0, 0.1) is 5.92 Å². The minimum Gasteiger partial charge on any atom is -0.480 e. The number of carbonyl (C=O) groups is 5. The Morgan fingerprint density at radius 3 is 1.75 bits per heavy atom. The van der Waals surface area contributed by atoms with E-state index in [9.17, 15) is 29.1 Å². The standard InChI is InChI=1S/C16H29N5O7/c1-6(2)11(15(26)21-12(8(4)22)16(27)28)20-13(24)7(3)19-14(25)9(17)5-10(18)23/h6-9,11-12,22H,5,17H2,1-4H3,(H2,18,23)(H,19,25)(H,20,24)(H,21,26)(H,27,28). The van der Waals surface area contributed by atoms with Crippen LogP contribution in [0.15, 0.2) is 0 Å². The Morgan fingerprint density at radius 2 is 1.36 bits per heavy atom. The van der Waals surface area contributed by atoms with Gasteiger partial charge in [-0.25, -0.2) is 4.79 Å². The third-order valence-electron chi connectivity index (χ3n) is 3.80. The molecule has 0 rings (SSSR count). The topological polar surface area (TPSA) is 214 Å². The van der Waals surface area contributed by atoms with Crippen LogP contribution in [-0.4, -0.2) is 70.1 Å². The number of nitrogens with one attached hydrogen (secondary N) is 3. The molecule has 0 aromatic carbocycles. The third kappa shape index (κ3) is 8.31. The number of primary amides is 1. The van der Waals surface area contributed by atoms with Crippen LogP contribution in [0.4, 0.5) is 0 Å².